The summed E-state index contributed by atoms with van der Waals surface area (Å²) in [4.78, 5) is 43.4. The molecule has 0 radical (unpaired) electrons. The van der Waals surface area contributed by atoms with E-state index in [0.717, 1.165) is 5.56 Å². The summed E-state index contributed by atoms with van der Waals surface area (Å²) in [6.45, 7) is 22.2. The average molecular weight is 657 g/mol. The van der Waals surface area contributed by atoms with Crippen LogP contribution in [0.1, 0.15) is 92.0 Å². The lowest BCUT2D eigenvalue weighted by atomic mass is 9.72. The number of hydrogen-bond acceptors (Lipinski definition) is 12. The molecule has 0 bridgehead atoms. The van der Waals surface area contributed by atoms with Crippen LogP contribution in [0, 0.1) is 16.2 Å². The fraction of sp³-hybridized carbons (Fsp3) is 0.793. The van der Waals surface area contributed by atoms with Crippen LogP contribution in [-0.4, -0.2) is 85.2 Å². The van der Waals surface area contributed by atoms with E-state index in [1.165, 1.54) is 11.1 Å². The average Bonchev–Trinajstić information content (AvgIpc) is 2.87. The van der Waals surface area contributed by atoms with Crippen molar-refractivity contribution in [3.8, 4) is 0 Å². The first-order chi connectivity index (χ1) is 19.4. The van der Waals surface area contributed by atoms with Crippen LogP contribution in [0.25, 0.3) is 0 Å². The summed E-state index contributed by atoms with van der Waals surface area (Å²) >= 11 is 0. The lowest BCUT2D eigenvalue weighted by Gasteiger charge is -2.53. The van der Waals surface area contributed by atoms with Gasteiger partial charge in [-0.2, -0.15) is 0 Å². The van der Waals surface area contributed by atoms with Crippen LogP contribution in [0.4, 0.5) is 0 Å². The van der Waals surface area contributed by atoms with Crippen LogP contribution in [0.2, 0.25) is 0 Å². The van der Waals surface area contributed by atoms with Crippen molar-refractivity contribution >= 4 is 17.2 Å². The minimum Gasteiger partial charge on any atom is -0.396 e. The Morgan fingerprint density at radius 1 is 0.674 bits per heavy atom. The molecule has 0 aliphatic carbocycles. The lowest BCUT2D eigenvalue weighted by Crippen LogP contribution is -2.58. The first-order valence-electron chi connectivity index (χ1n) is 14.0. The normalized spacial score (nSPS) is 25.3. The quantitative estimate of drug-likeness (QED) is 0.215. The minimum atomic E-state index is -2.62. The number of aliphatic hydroxyl groups excluding tert-OH is 2. The SMILES string of the molecule is CC(C)(C)c1ccc(C2OC(C(C)(C)CO)OCC23COC(C(C)(C)CO)OC3)c(C(C)(C)C)c1.OP(O)O.OP(O)O. The number of ether oxygens (including phenoxy) is 4. The molecule has 0 amide bonds. The van der Waals surface area contributed by atoms with Gasteiger partial charge < -0.3 is 58.5 Å². The predicted molar refractivity (Wildman–Crippen MR) is 164 cm³/mol. The van der Waals surface area contributed by atoms with Crippen molar-refractivity contribution in [2.24, 2.45) is 16.2 Å². The molecule has 0 aromatic heterocycles. The molecule has 1 spiro atoms. The summed E-state index contributed by atoms with van der Waals surface area (Å²) in [6.07, 6.45) is -1.41. The van der Waals surface area contributed by atoms with Crippen LogP contribution in [-0.2, 0) is 29.8 Å². The van der Waals surface area contributed by atoms with Gasteiger partial charge >= 0.3 is 17.2 Å². The maximum atomic E-state index is 10.0. The van der Waals surface area contributed by atoms with Crippen LogP contribution >= 0.6 is 17.2 Å². The van der Waals surface area contributed by atoms with E-state index in [9.17, 15) is 10.2 Å². The van der Waals surface area contributed by atoms with E-state index in [1.807, 2.05) is 27.7 Å². The third kappa shape index (κ3) is 11.7. The zero-order chi connectivity index (χ0) is 33.6. The molecule has 8 N–H and O–H groups in total. The molecule has 2 unspecified atom stereocenters. The van der Waals surface area contributed by atoms with Gasteiger partial charge in [0.15, 0.2) is 12.6 Å². The van der Waals surface area contributed by atoms with Crippen molar-refractivity contribution in [3.05, 3.63) is 34.9 Å². The summed E-state index contributed by atoms with van der Waals surface area (Å²) in [5, 5.41) is 19.8. The second kappa shape index (κ2) is 15.9. The van der Waals surface area contributed by atoms with E-state index in [2.05, 4.69) is 59.7 Å². The molecule has 2 aliphatic heterocycles. The molecule has 1 aromatic rings. The van der Waals surface area contributed by atoms with Gasteiger partial charge in [-0.15, -0.1) is 0 Å². The number of rotatable bonds is 5. The van der Waals surface area contributed by atoms with E-state index in [1.54, 1.807) is 0 Å². The van der Waals surface area contributed by atoms with Gasteiger partial charge in [-0.05, 0) is 27.5 Å². The summed E-state index contributed by atoms with van der Waals surface area (Å²) in [5.74, 6) is 0. The third-order valence-corrected chi connectivity index (χ3v) is 7.48. The molecule has 43 heavy (non-hydrogen) atoms. The topological polar surface area (TPSA) is 199 Å². The number of benzene rings is 1. The third-order valence-electron chi connectivity index (χ3n) is 7.48. The van der Waals surface area contributed by atoms with E-state index in [0.29, 0.717) is 19.8 Å². The molecule has 2 saturated heterocycles. The standard InChI is InChI=1S/C29H48O6.2H3O3P/c1-25(2,3)19-11-12-20(21(13-19)26(4,5)6)22-29(18-34-24(35-22)28(9,10)15-31)16-32-23(33-17-29)27(7,8)14-30;2*1-4(2)3/h11-13,22-24,30-31H,14-18H2,1-10H3;2*1-3H. The molecule has 14 heteroatoms. The minimum absolute atomic E-state index is 0.0221. The van der Waals surface area contributed by atoms with Crippen molar-refractivity contribution < 1.29 is 58.5 Å². The highest BCUT2D eigenvalue weighted by Crippen LogP contribution is 2.50. The molecule has 12 nitrogen and oxygen atoms in total. The molecule has 0 saturated carbocycles. The summed E-state index contributed by atoms with van der Waals surface area (Å²) in [5.41, 5.74) is 1.90. The van der Waals surface area contributed by atoms with Crippen LogP contribution in [0.5, 0.6) is 0 Å². The van der Waals surface area contributed by atoms with Gasteiger partial charge in [0.1, 0.15) is 0 Å². The molecule has 3 rings (SSSR count). The first kappa shape index (κ1) is 40.6. The molecule has 2 heterocycles. The Kier molecular flexibility index (Phi) is 15.1. The zero-order valence-corrected chi connectivity index (χ0v) is 28.9. The van der Waals surface area contributed by atoms with Crippen molar-refractivity contribution in [1.82, 2.24) is 0 Å². The molecule has 252 valence electrons. The molecule has 1 aromatic carbocycles. The Bertz CT molecular complexity index is 961. The summed E-state index contributed by atoms with van der Waals surface area (Å²) < 4.78 is 25.5. The van der Waals surface area contributed by atoms with Gasteiger partial charge in [-0.25, -0.2) is 0 Å². The van der Waals surface area contributed by atoms with Crippen molar-refractivity contribution in [1.29, 1.82) is 0 Å². The van der Waals surface area contributed by atoms with Crippen molar-refractivity contribution in [2.45, 2.75) is 98.8 Å². The fourth-order valence-corrected chi connectivity index (χ4v) is 4.75. The molecular formula is C29H54O12P2. The largest absolute Gasteiger partial charge is 0.396 e. The maximum Gasteiger partial charge on any atom is 0.324 e. The second-order valence-corrected chi connectivity index (χ2v) is 15.7. The summed E-state index contributed by atoms with van der Waals surface area (Å²) in [7, 11) is -5.24. The Hall–Kier alpha value is -0.400. The molecule has 2 aliphatic rings. The lowest BCUT2D eigenvalue weighted by molar-refractivity contribution is -0.362. The van der Waals surface area contributed by atoms with Crippen LogP contribution in [0.15, 0.2) is 18.2 Å². The van der Waals surface area contributed by atoms with Crippen molar-refractivity contribution in [3.63, 3.8) is 0 Å². The molecule has 2 atom stereocenters. The smallest absolute Gasteiger partial charge is 0.324 e. The fourth-order valence-electron chi connectivity index (χ4n) is 4.75. The molecule has 2 fully saturated rings. The van der Waals surface area contributed by atoms with E-state index < -0.39 is 46.0 Å². The monoisotopic (exact) mass is 656 g/mol. The van der Waals surface area contributed by atoms with Gasteiger partial charge in [0.2, 0.25) is 0 Å². The van der Waals surface area contributed by atoms with Gasteiger partial charge in [-0.3, -0.25) is 0 Å². The van der Waals surface area contributed by atoms with E-state index in [-0.39, 0.29) is 30.1 Å². The zero-order valence-electron chi connectivity index (χ0n) is 27.1. The van der Waals surface area contributed by atoms with Gasteiger partial charge in [0.05, 0.1) is 44.6 Å². The molecular weight excluding hydrogens is 602 g/mol. The van der Waals surface area contributed by atoms with Gasteiger partial charge in [0, 0.05) is 10.8 Å². The van der Waals surface area contributed by atoms with Crippen LogP contribution in [0.3, 0.4) is 0 Å². The van der Waals surface area contributed by atoms with Gasteiger partial charge in [0.25, 0.3) is 0 Å². The predicted octanol–water partition coefficient (Wildman–Crippen LogP) is 3.47. The van der Waals surface area contributed by atoms with Crippen LogP contribution < -0.4 is 0 Å². The maximum absolute atomic E-state index is 10.0. The highest BCUT2D eigenvalue weighted by Gasteiger charge is 2.54. The Morgan fingerprint density at radius 2 is 1.07 bits per heavy atom. The number of hydrogen-bond donors (Lipinski definition) is 8. The second-order valence-electron chi connectivity index (χ2n) is 14.6. The van der Waals surface area contributed by atoms with Gasteiger partial charge in [-0.1, -0.05) is 87.4 Å². The van der Waals surface area contributed by atoms with E-state index >= 15 is 0 Å². The Balaban J connectivity index is 0.00000103. The Morgan fingerprint density at radius 3 is 1.44 bits per heavy atom. The first-order valence-corrected chi connectivity index (χ1v) is 16.4. The highest BCUT2D eigenvalue weighted by atomic mass is 31.2. The highest BCUT2D eigenvalue weighted by molar-refractivity contribution is 7.38. The van der Waals surface area contributed by atoms with E-state index in [4.69, 9.17) is 48.3 Å². The number of aliphatic hydroxyl groups is 2. The van der Waals surface area contributed by atoms with Crippen molar-refractivity contribution in [2.75, 3.05) is 33.0 Å². The summed E-state index contributed by atoms with van der Waals surface area (Å²) in [6, 6.07) is 6.72. The Labute approximate surface area is 258 Å².